The zero-order chi connectivity index (χ0) is 14.7. The van der Waals surface area contributed by atoms with E-state index in [2.05, 4.69) is 0 Å². The Morgan fingerprint density at radius 1 is 1.45 bits per heavy atom. The Hall–Kier alpha value is -1.62. The van der Waals surface area contributed by atoms with Gasteiger partial charge >= 0.3 is 5.97 Å². The smallest absolute Gasteiger partial charge is 0.303 e. The molecule has 1 unspecified atom stereocenters. The maximum absolute atomic E-state index is 13.6. The molecule has 0 aliphatic heterocycles. The van der Waals surface area contributed by atoms with E-state index in [4.69, 9.17) is 14.6 Å². The van der Waals surface area contributed by atoms with Gasteiger partial charge in [0, 0.05) is 24.7 Å². The van der Waals surface area contributed by atoms with Crippen LogP contribution in [0.2, 0.25) is 0 Å². The molecule has 1 aromatic rings. The number of ether oxygens (including phenoxy) is 2. The first-order valence-electron chi connectivity index (χ1n) is 6.63. The van der Waals surface area contributed by atoms with Crippen LogP contribution in [0.4, 0.5) is 4.39 Å². The van der Waals surface area contributed by atoms with Crippen molar-refractivity contribution in [1.29, 1.82) is 0 Å². The van der Waals surface area contributed by atoms with Gasteiger partial charge in [-0.25, -0.2) is 4.39 Å². The number of hydrogen-bond donors (Lipinski definition) is 1. The molecular weight excluding hydrogens is 263 g/mol. The van der Waals surface area contributed by atoms with Crippen molar-refractivity contribution in [2.75, 3.05) is 14.2 Å². The zero-order valence-corrected chi connectivity index (χ0v) is 11.7. The van der Waals surface area contributed by atoms with Gasteiger partial charge in [-0.05, 0) is 30.4 Å². The molecule has 1 atom stereocenters. The molecule has 2 rings (SSSR count). The van der Waals surface area contributed by atoms with Gasteiger partial charge in [0.1, 0.15) is 11.6 Å². The second kappa shape index (κ2) is 6.22. The van der Waals surface area contributed by atoms with Crippen LogP contribution in [0, 0.1) is 11.7 Å². The fraction of sp³-hybridized carbons (Fsp3) is 0.533. The molecule has 5 heteroatoms. The molecule has 0 amide bonds. The molecule has 20 heavy (non-hydrogen) atoms. The summed E-state index contributed by atoms with van der Waals surface area (Å²) in [6, 6.07) is 2.71. The number of carboxylic acid groups (broad SMARTS) is 1. The highest BCUT2D eigenvalue weighted by molar-refractivity contribution is 5.69. The highest BCUT2D eigenvalue weighted by Crippen LogP contribution is 2.48. The Labute approximate surface area is 117 Å². The van der Waals surface area contributed by atoms with E-state index in [0.717, 1.165) is 18.4 Å². The predicted octanol–water partition coefficient (Wildman–Crippen LogP) is 2.95. The van der Waals surface area contributed by atoms with E-state index < -0.39 is 11.8 Å². The van der Waals surface area contributed by atoms with Crippen LogP contribution >= 0.6 is 0 Å². The minimum absolute atomic E-state index is 0.0311. The fourth-order valence-electron chi connectivity index (χ4n) is 2.70. The van der Waals surface area contributed by atoms with Crippen molar-refractivity contribution in [3.05, 3.63) is 29.1 Å². The largest absolute Gasteiger partial charge is 0.496 e. The monoisotopic (exact) mass is 282 g/mol. The van der Waals surface area contributed by atoms with Gasteiger partial charge in [0.05, 0.1) is 20.1 Å². The third-order valence-corrected chi connectivity index (χ3v) is 3.67. The van der Waals surface area contributed by atoms with Crippen molar-refractivity contribution < 1.29 is 23.8 Å². The molecule has 0 bridgehead atoms. The lowest BCUT2D eigenvalue weighted by molar-refractivity contribution is -0.137. The van der Waals surface area contributed by atoms with E-state index in [1.807, 2.05) is 0 Å². The minimum Gasteiger partial charge on any atom is -0.496 e. The van der Waals surface area contributed by atoms with E-state index in [1.165, 1.54) is 26.4 Å². The molecular formula is C15H19FO4. The van der Waals surface area contributed by atoms with Crippen molar-refractivity contribution in [1.82, 2.24) is 0 Å². The number of halogens is 1. The zero-order valence-electron chi connectivity index (χ0n) is 11.7. The van der Waals surface area contributed by atoms with Gasteiger partial charge in [-0.15, -0.1) is 0 Å². The predicted molar refractivity (Wildman–Crippen MR) is 71.4 cm³/mol. The van der Waals surface area contributed by atoms with Crippen LogP contribution in [0.3, 0.4) is 0 Å². The molecule has 0 saturated heterocycles. The van der Waals surface area contributed by atoms with E-state index in [0.29, 0.717) is 17.2 Å². The first kappa shape index (κ1) is 14.8. The Morgan fingerprint density at radius 3 is 2.65 bits per heavy atom. The molecule has 1 saturated carbocycles. The number of carbonyl (C=O) groups is 1. The molecule has 4 nitrogen and oxygen atoms in total. The third kappa shape index (κ3) is 3.28. The number of aliphatic carboxylic acids is 1. The quantitative estimate of drug-likeness (QED) is 0.835. The second-order valence-electron chi connectivity index (χ2n) is 5.16. The molecule has 0 radical (unpaired) electrons. The number of rotatable bonds is 7. The first-order valence-corrected chi connectivity index (χ1v) is 6.63. The maximum Gasteiger partial charge on any atom is 0.303 e. The van der Waals surface area contributed by atoms with Crippen LogP contribution in [-0.4, -0.2) is 25.3 Å². The van der Waals surface area contributed by atoms with Crippen molar-refractivity contribution in [3.63, 3.8) is 0 Å². The average Bonchev–Trinajstić information content (AvgIpc) is 3.20. The fourth-order valence-corrected chi connectivity index (χ4v) is 2.70. The summed E-state index contributed by atoms with van der Waals surface area (Å²) in [6.07, 6.45) is 2.04. The summed E-state index contributed by atoms with van der Waals surface area (Å²) < 4.78 is 24.0. The Bertz CT molecular complexity index is 497. The molecule has 110 valence electrons. The van der Waals surface area contributed by atoms with Crippen molar-refractivity contribution in [2.45, 2.75) is 31.8 Å². The van der Waals surface area contributed by atoms with Crippen molar-refractivity contribution in [2.24, 2.45) is 5.92 Å². The summed E-state index contributed by atoms with van der Waals surface area (Å²) in [7, 11) is 3.00. The van der Waals surface area contributed by atoms with Gasteiger partial charge in [0.25, 0.3) is 0 Å². The molecule has 0 spiro atoms. The number of hydrogen-bond acceptors (Lipinski definition) is 3. The van der Waals surface area contributed by atoms with Crippen LogP contribution in [0.5, 0.6) is 5.75 Å². The summed E-state index contributed by atoms with van der Waals surface area (Å²) in [5.41, 5.74) is 1.45. The first-order chi connectivity index (χ1) is 9.56. The standard InChI is InChI=1S/C15H19FO4/c1-19-8-10-5-11(16)6-13(20-2)15(10)12(7-14(17)18)9-3-4-9/h5-6,9,12H,3-4,7-8H2,1-2H3,(H,17,18). The number of methoxy groups -OCH3 is 2. The highest BCUT2D eigenvalue weighted by Gasteiger charge is 2.36. The summed E-state index contributed by atoms with van der Waals surface area (Å²) in [4.78, 5) is 11.1. The van der Waals surface area contributed by atoms with E-state index in [9.17, 15) is 9.18 Å². The van der Waals surface area contributed by atoms with Crippen LogP contribution in [0.1, 0.15) is 36.3 Å². The second-order valence-corrected chi connectivity index (χ2v) is 5.16. The third-order valence-electron chi connectivity index (χ3n) is 3.67. The van der Waals surface area contributed by atoms with Gasteiger partial charge in [-0.2, -0.15) is 0 Å². The van der Waals surface area contributed by atoms with Gasteiger partial charge < -0.3 is 14.6 Å². The molecule has 1 aromatic carbocycles. The normalized spacial score (nSPS) is 15.9. The lowest BCUT2D eigenvalue weighted by Crippen LogP contribution is -2.13. The summed E-state index contributed by atoms with van der Waals surface area (Å²) in [5.74, 6) is -0.649. The molecule has 1 aliphatic rings. The average molecular weight is 282 g/mol. The Kier molecular flexibility index (Phi) is 4.60. The lowest BCUT2D eigenvalue weighted by atomic mass is 9.87. The van der Waals surface area contributed by atoms with Gasteiger partial charge in [-0.3, -0.25) is 4.79 Å². The summed E-state index contributed by atoms with van der Waals surface area (Å²) in [5, 5.41) is 9.11. The van der Waals surface area contributed by atoms with Gasteiger partial charge in [0.15, 0.2) is 0 Å². The number of carboxylic acids is 1. The topological polar surface area (TPSA) is 55.8 Å². The molecule has 1 aliphatic carbocycles. The minimum atomic E-state index is -0.850. The SMILES string of the molecule is COCc1cc(F)cc(OC)c1C(CC(=O)O)C1CC1. The molecule has 1 N–H and O–H groups in total. The maximum atomic E-state index is 13.6. The van der Waals surface area contributed by atoms with E-state index in [-0.39, 0.29) is 18.9 Å². The van der Waals surface area contributed by atoms with Crippen LogP contribution < -0.4 is 4.74 Å². The molecule has 0 heterocycles. The Balaban J connectivity index is 2.46. The van der Waals surface area contributed by atoms with Gasteiger partial charge in [-0.1, -0.05) is 0 Å². The highest BCUT2D eigenvalue weighted by atomic mass is 19.1. The van der Waals surface area contributed by atoms with Crippen LogP contribution in [-0.2, 0) is 16.1 Å². The van der Waals surface area contributed by atoms with E-state index in [1.54, 1.807) is 0 Å². The van der Waals surface area contributed by atoms with Gasteiger partial charge in [0.2, 0.25) is 0 Å². The molecule has 1 fully saturated rings. The summed E-state index contributed by atoms with van der Waals surface area (Å²) in [6.45, 7) is 0.242. The van der Waals surface area contributed by atoms with Crippen LogP contribution in [0.15, 0.2) is 12.1 Å². The number of benzene rings is 1. The van der Waals surface area contributed by atoms with Crippen molar-refractivity contribution in [3.8, 4) is 5.75 Å². The van der Waals surface area contributed by atoms with Crippen molar-refractivity contribution >= 4 is 5.97 Å². The van der Waals surface area contributed by atoms with E-state index >= 15 is 0 Å². The lowest BCUT2D eigenvalue weighted by Gasteiger charge is -2.21. The van der Waals surface area contributed by atoms with Crippen LogP contribution in [0.25, 0.3) is 0 Å². The Morgan fingerprint density at radius 2 is 2.15 bits per heavy atom. The molecule has 0 aromatic heterocycles. The summed E-state index contributed by atoms with van der Waals surface area (Å²) >= 11 is 0.